The number of carbonyl (C=O) groups excluding carboxylic acids is 1. The van der Waals surface area contributed by atoms with Gasteiger partial charge in [0, 0.05) is 30.0 Å². The zero-order chi connectivity index (χ0) is 12.4. The van der Waals surface area contributed by atoms with Crippen molar-refractivity contribution in [1.82, 2.24) is 9.88 Å². The maximum absolute atomic E-state index is 12.3. The van der Waals surface area contributed by atoms with E-state index in [0.717, 1.165) is 4.47 Å². The van der Waals surface area contributed by atoms with Gasteiger partial charge in [0.05, 0.1) is 17.8 Å². The summed E-state index contributed by atoms with van der Waals surface area (Å²) in [5.74, 6) is 0.0146. The molecule has 2 unspecified atom stereocenters. The molecule has 5 heteroatoms. The van der Waals surface area contributed by atoms with E-state index in [9.17, 15) is 4.79 Å². The molecular formula is C12H15BrN2O2. The van der Waals surface area contributed by atoms with Gasteiger partial charge in [-0.3, -0.25) is 9.78 Å². The molecule has 1 aliphatic rings. The Hall–Kier alpha value is -0.940. The van der Waals surface area contributed by atoms with Gasteiger partial charge in [0.1, 0.15) is 0 Å². The molecule has 0 N–H and O–H groups in total. The van der Waals surface area contributed by atoms with Crippen molar-refractivity contribution in [2.24, 2.45) is 0 Å². The number of pyridine rings is 1. The lowest BCUT2D eigenvalue weighted by molar-refractivity contribution is -0.0586. The fraction of sp³-hybridized carbons (Fsp3) is 0.500. The van der Waals surface area contributed by atoms with E-state index in [-0.39, 0.29) is 18.1 Å². The zero-order valence-electron chi connectivity index (χ0n) is 9.89. The summed E-state index contributed by atoms with van der Waals surface area (Å²) < 4.78 is 6.42. The monoisotopic (exact) mass is 298 g/mol. The van der Waals surface area contributed by atoms with Gasteiger partial charge in [-0.1, -0.05) is 0 Å². The Morgan fingerprint density at radius 2 is 2.06 bits per heavy atom. The number of nitrogens with zero attached hydrogens (tertiary/aromatic N) is 2. The van der Waals surface area contributed by atoms with Crippen LogP contribution in [0, 0.1) is 0 Å². The summed E-state index contributed by atoms with van der Waals surface area (Å²) in [7, 11) is 0. The van der Waals surface area contributed by atoms with Crippen molar-refractivity contribution >= 4 is 21.8 Å². The normalized spacial score (nSPS) is 24.8. The molecule has 1 aliphatic heterocycles. The molecule has 1 amide bonds. The highest BCUT2D eigenvalue weighted by Crippen LogP contribution is 2.16. The number of ether oxygens (including phenoxy) is 1. The molecule has 4 nitrogen and oxygen atoms in total. The first kappa shape index (κ1) is 12.5. The molecule has 0 saturated carbocycles. The van der Waals surface area contributed by atoms with E-state index in [2.05, 4.69) is 20.9 Å². The van der Waals surface area contributed by atoms with Crippen LogP contribution in [0.3, 0.4) is 0 Å². The van der Waals surface area contributed by atoms with Crippen LogP contribution < -0.4 is 0 Å². The van der Waals surface area contributed by atoms with Gasteiger partial charge in [-0.05, 0) is 35.8 Å². The van der Waals surface area contributed by atoms with Crippen LogP contribution in [0.15, 0.2) is 22.9 Å². The Balaban J connectivity index is 2.14. The average Bonchev–Trinajstić information content (AvgIpc) is 2.26. The van der Waals surface area contributed by atoms with Crippen molar-refractivity contribution in [3.05, 3.63) is 28.5 Å². The fourth-order valence-corrected chi connectivity index (χ4v) is 2.42. The van der Waals surface area contributed by atoms with E-state index < -0.39 is 0 Å². The predicted molar refractivity (Wildman–Crippen MR) is 67.8 cm³/mol. The number of hydrogen-bond acceptors (Lipinski definition) is 3. The topological polar surface area (TPSA) is 42.4 Å². The van der Waals surface area contributed by atoms with Gasteiger partial charge in [0.25, 0.3) is 5.91 Å². The van der Waals surface area contributed by atoms with Gasteiger partial charge in [-0.2, -0.15) is 0 Å². The van der Waals surface area contributed by atoms with Crippen LogP contribution in [0.4, 0.5) is 0 Å². The highest BCUT2D eigenvalue weighted by molar-refractivity contribution is 9.10. The number of morpholine rings is 1. The first-order valence-corrected chi connectivity index (χ1v) is 6.41. The molecule has 1 aromatic rings. The maximum atomic E-state index is 12.3. The van der Waals surface area contributed by atoms with Crippen LogP contribution in [0.2, 0.25) is 0 Å². The second kappa shape index (κ2) is 5.14. The lowest BCUT2D eigenvalue weighted by Gasteiger charge is -2.35. The molecule has 0 aromatic carbocycles. The van der Waals surface area contributed by atoms with Crippen LogP contribution >= 0.6 is 15.9 Å². The van der Waals surface area contributed by atoms with E-state index in [0.29, 0.717) is 18.7 Å². The SMILES string of the molecule is CC1CN(C(=O)c2cncc(Br)c2)CC(C)O1. The van der Waals surface area contributed by atoms with Gasteiger partial charge < -0.3 is 9.64 Å². The molecule has 92 valence electrons. The fourth-order valence-electron chi connectivity index (χ4n) is 2.06. The summed E-state index contributed by atoms with van der Waals surface area (Å²) in [5.41, 5.74) is 0.612. The molecule has 0 aliphatic carbocycles. The molecule has 1 fully saturated rings. The van der Waals surface area contributed by atoms with E-state index >= 15 is 0 Å². The molecule has 0 spiro atoms. The minimum Gasteiger partial charge on any atom is -0.372 e. The minimum atomic E-state index is 0.0146. The highest BCUT2D eigenvalue weighted by Gasteiger charge is 2.26. The van der Waals surface area contributed by atoms with Gasteiger partial charge >= 0.3 is 0 Å². The predicted octanol–water partition coefficient (Wildman–Crippen LogP) is 2.09. The zero-order valence-corrected chi connectivity index (χ0v) is 11.5. The number of rotatable bonds is 1. The molecule has 1 aromatic heterocycles. The maximum Gasteiger partial charge on any atom is 0.255 e. The quantitative estimate of drug-likeness (QED) is 0.797. The summed E-state index contributed by atoms with van der Waals surface area (Å²) in [6, 6.07) is 1.79. The van der Waals surface area contributed by atoms with Crippen LogP contribution in [-0.4, -0.2) is 41.1 Å². The molecular weight excluding hydrogens is 284 g/mol. The Kier molecular flexibility index (Phi) is 3.79. The first-order chi connectivity index (χ1) is 8.06. The lowest BCUT2D eigenvalue weighted by Crippen LogP contribution is -2.48. The minimum absolute atomic E-state index is 0.0146. The van der Waals surface area contributed by atoms with Crippen molar-refractivity contribution in [1.29, 1.82) is 0 Å². The summed E-state index contributed by atoms with van der Waals surface area (Å²) in [6.45, 7) is 5.23. The van der Waals surface area contributed by atoms with Crippen LogP contribution in [0.5, 0.6) is 0 Å². The standard InChI is InChI=1S/C12H15BrN2O2/c1-8-6-15(7-9(2)17-8)12(16)10-3-11(13)5-14-4-10/h3-5,8-9H,6-7H2,1-2H3. The molecule has 2 rings (SSSR count). The third kappa shape index (κ3) is 3.04. The van der Waals surface area contributed by atoms with Crippen LogP contribution in [-0.2, 0) is 4.74 Å². The largest absolute Gasteiger partial charge is 0.372 e. The highest BCUT2D eigenvalue weighted by atomic mass is 79.9. The van der Waals surface area contributed by atoms with Crippen molar-refractivity contribution in [3.63, 3.8) is 0 Å². The van der Waals surface area contributed by atoms with Gasteiger partial charge in [-0.15, -0.1) is 0 Å². The third-order valence-electron chi connectivity index (χ3n) is 2.66. The van der Waals surface area contributed by atoms with E-state index in [1.165, 1.54) is 0 Å². The van der Waals surface area contributed by atoms with Crippen LogP contribution in [0.25, 0.3) is 0 Å². The average molecular weight is 299 g/mol. The van der Waals surface area contributed by atoms with Gasteiger partial charge in [-0.25, -0.2) is 0 Å². The Morgan fingerprint density at radius 3 is 2.65 bits per heavy atom. The molecule has 2 heterocycles. The molecule has 0 bridgehead atoms. The summed E-state index contributed by atoms with van der Waals surface area (Å²) in [6.07, 6.45) is 3.44. The van der Waals surface area contributed by atoms with Gasteiger partial charge in [0.2, 0.25) is 0 Å². The second-order valence-corrected chi connectivity index (χ2v) is 5.27. The smallest absolute Gasteiger partial charge is 0.255 e. The summed E-state index contributed by atoms with van der Waals surface area (Å²) in [4.78, 5) is 18.1. The molecule has 0 radical (unpaired) electrons. The second-order valence-electron chi connectivity index (χ2n) is 4.36. The molecule has 2 atom stereocenters. The van der Waals surface area contributed by atoms with Crippen molar-refractivity contribution in [2.75, 3.05) is 13.1 Å². The van der Waals surface area contributed by atoms with Crippen LogP contribution in [0.1, 0.15) is 24.2 Å². The lowest BCUT2D eigenvalue weighted by atomic mass is 10.2. The number of carbonyl (C=O) groups is 1. The Labute approximate surface area is 109 Å². The van der Waals surface area contributed by atoms with Gasteiger partial charge in [0.15, 0.2) is 0 Å². The Bertz CT molecular complexity index is 415. The number of hydrogen-bond donors (Lipinski definition) is 0. The number of amides is 1. The van der Waals surface area contributed by atoms with Crippen molar-refractivity contribution in [3.8, 4) is 0 Å². The molecule has 1 saturated heterocycles. The van der Waals surface area contributed by atoms with Crippen molar-refractivity contribution in [2.45, 2.75) is 26.1 Å². The number of halogens is 1. The van der Waals surface area contributed by atoms with E-state index in [1.807, 2.05) is 18.7 Å². The van der Waals surface area contributed by atoms with E-state index in [1.54, 1.807) is 18.5 Å². The Morgan fingerprint density at radius 1 is 1.41 bits per heavy atom. The first-order valence-electron chi connectivity index (χ1n) is 5.61. The third-order valence-corrected chi connectivity index (χ3v) is 3.09. The van der Waals surface area contributed by atoms with Crippen molar-refractivity contribution < 1.29 is 9.53 Å². The number of aromatic nitrogens is 1. The summed E-state index contributed by atoms with van der Waals surface area (Å²) >= 11 is 3.32. The van der Waals surface area contributed by atoms with E-state index in [4.69, 9.17) is 4.74 Å². The summed E-state index contributed by atoms with van der Waals surface area (Å²) in [5, 5.41) is 0. The molecule has 17 heavy (non-hydrogen) atoms.